The maximum atomic E-state index is 12.1. The van der Waals surface area contributed by atoms with Gasteiger partial charge in [-0.15, -0.1) is 0 Å². The fourth-order valence-corrected chi connectivity index (χ4v) is 3.92. The van der Waals surface area contributed by atoms with Crippen LogP contribution >= 0.6 is 0 Å². The first-order valence-electron chi connectivity index (χ1n) is 10.1. The fraction of sp³-hybridized carbons (Fsp3) is 0.0769. The number of fused-ring (bicyclic) bond motifs is 1. The number of anilines is 1. The minimum atomic E-state index is -0.515. The molecule has 4 aromatic rings. The zero-order chi connectivity index (χ0) is 22.8. The van der Waals surface area contributed by atoms with Gasteiger partial charge in [0.1, 0.15) is 5.75 Å². The first-order chi connectivity index (χ1) is 15.4. The molecular weight excluding hydrogens is 402 g/mol. The van der Waals surface area contributed by atoms with Gasteiger partial charge in [-0.2, -0.15) is 0 Å². The minimum absolute atomic E-state index is 0.278. The van der Waals surface area contributed by atoms with Gasteiger partial charge in [0.15, 0.2) is 0 Å². The van der Waals surface area contributed by atoms with Crippen LogP contribution in [0.5, 0.6) is 5.75 Å². The molecule has 0 bridgehead atoms. The Morgan fingerprint density at radius 1 is 1.03 bits per heavy atom. The molecule has 0 atom stereocenters. The maximum Gasteiger partial charge on any atom is 0.250 e. The van der Waals surface area contributed by atoms with Crippen LogP contribution in [0.3, 0.4) is 0 Å². The molecule has 0 saturated carbocycles. The molecule has 6 heteroatoms. The van der Waals surface area contributed by atoms with E-state index in [0.717, 1.165) is 33.3 Å². The van der Waals surface area contributed by atoms with Crippen LogP contribution in [0, 0.1) is 6.92 Å². The molecule has 0 spiro atoms. The van der Waals surface area contributed by atoms with Crippen molar-refractivity contribution in [3.05, 3.63) is 84.4 Å². The number of primary amides is 1. The van der Waals surface area contributed by atoms with Crippen molar-refractivity contribution in [1.82, 2.24) is 4.98 Å². The van der Waals surface area contributed by atoms with Gasteiger partial charge in [-0.1, -0.05) is 36.9 Å². The summed E-state index contributed by atoms with van der Waals surface area (Å²) in [7, 11) is 1.62. The molecule has 0 aliphatic heterocycles. The standard InChI is InChI=1S/C26H23N3O3/c1-4-24(30)28-21-10-7-9-16(15(21)2)17-12-13-19(26(27)31)25-20(17)14-22(29-25)18-8-5-6-11-23(18)32-3/h4-14,29H,1H2,2-3H3,(H2,27,31)(H,28,30). The molecule has 4 N–H and O–H groups in total. The number of para-hydroxylation sites is 1. The van der Waals surface area contributed by atoms with Gasteiger partial charge in [-0.3, -0.25) is 9.59 Å². The lowest BCUT2D eigenvalue weighted by molar-refractivity contribution is -0.111. The minimum Gasteiger partial charge on any atom is -0.496 e. The van der Waals surface area contributed by atoms with Crippen LogP contribution in [0.2, 0.25) is 0 Å². The topological polar surface area (TPSA) is 97.2 Å². The summed E-state index contributed by atoms with van der Waals surface area (Å²) in [5.74, 6) is -0.0789. The number of methoxy groups -OCH3 is 1. The van der Waals surface area contributed by atoms with Crippen LogP contribution < -0.4 is 15.8 Å². The van der Waals surface area contributed by atoms with Crippen LogP contribution in [0.4, 0.5) is 5.69 Å². The predicted octanol–water partition coefficient (Wildman–Crippen LogP) is 5.04. The number of nitrogens with two attached hydrogens (primary N) is 1. The van der Waals surface area contributed by atoms with E-state index in [1.165, 1.54) is 6.08 Å². The number of aromatic nitrogens is 1. The van der Waals surface area contributed by atoms with Gasteiger partial charge in [-0.05, 0) is 60.0 Å². The highest BCUT2D eigenvalue weighted by Crippen LogP contribution is 2.39. The van der Waals surface area contributed by atoms with Crippen molar-refractivity contribution < 1.29 is 14.3 Å². The van der Waals surface area contributed by atoms with Crippen molar-refractivity contribution in [2.75, 3.05) is 12.4 Å². The number of H-pyrrole nitrogens is 1. The first-order valence-corrected chi connectivity index (χ1v) is 10.1. The van der Waals surface area contributed by atoms with Crippen LogP contribution in [0.15, 0.2) is 73.3 Å². The SMILES string of the molecule is C=CC(=O)Nc1cccc(-c2ccc(C(N)=O)c3[nH]c(-c4ccccc4OC)cc23)c1C. The molecule has 4 rings (SSSR count). The third-order valence-electron chi connectivity index (χ3n) is 5.52. The Hall–Kier alpha value is -4.32. The highest BCUT2D eigenvalue weighted by Gasteiger charge is 2.18. The fourth-order valence-electron chi connectivity index (χ4n) is 3.92. The van der Waals surface area contributed by atoms with E-state index in [0.29, 0.717) is 22.5 Å². The predicted molar refractivity (Wildman–Crippen MR) is 128 cm³/mol. The number of nitrogens with one attached hydrogen (secondary N) is 2. The quantitative estimate of drug-likeness (QED) is 0.377. The second-order valence-corrected chi connectivity index (χ2v) is 7.37. The van der Waals surface area contributed by atoms with Gasteiger partial charge >= 0.3 is 0 Å². The lowest BCUT2D eigenvalue weighted by atomic mass is 9.94. The molecule has 6 nitrogen and oxygen atoms in total. The molecule has 1 heterocycles. The zero-order valence-electron chi connectivity index (χ0n) is 17.9. The van der Waals surface area contributed by atoms with Crippen molar-refractivity contribution in [3.63, 3.8) is 0 Å². The number of benzene rings is 3. The van der Waals surface area contributed by atoms with Crippen molar-refractivity contribution >= 4 is 28.4 Å². The molecule has 0 aliphatic carbocycles. The van der Waals surface area contributed by atoms with Gasteiger partial charge in [-0.25, -0.2) is 0 Å². The van der Waals surface area contributed by atoms with Crippen molar-refractivity contribution in [2.45, 2.75) is 6.92 Å². The number of hydrogen-bond acceptors (Lipinski definition) is 3. The monoisotopic (exact) mass is 425 g/mol. The van der Waals surface area contributed by atoms with E-state index >= 15 is 0 Å². The van der Waals surface area contributed by atoms with Crippen molar-refractivity contribution in [2.24, 2.45) is 5.73 Å². The van der Waals surface area contributed by atoms with Gasteiger partial charge in [0.05, 0.1) is 23.9 Å². The van der Waals surface area contributed by atoms with E-state index < -0.39 is 5.91 Å². The average molecular weight is 425 g/mol. The summed E-state index contributed by atoms with van der Waals surface area (Å²) in [4.78, 5) is 27.3. The first kappa shape index (κ1) is 20.9. The zero-order valence-corrected chi connectivity index (χ0v) is 17.9. The maximum absolute atomic E-state index is 12.1. The third kappa shape index (κ3) is 3.63. The summed E-state index contributed by atoms with van der Waals surface area (Å²) < 4.78 is 5.51. The lowest BCUT2D eigenvalue weighted by Gasteiger charge is -2.13. The number of ether oxygens (including phenoxy) is 1. The van der Waals surface area contributed by atoms with E-state index in [2.05, 4.69) is 16.9 Å². The highest BCUT2D eigenvalue weighted by molar-refractivity contribution is 6.11. The summed E-state index contributed by atoms with van der Waals surface area (Å²) in [6, 6.07) is 18.9. The molecule has 2 amide bonds. The summed E-state index contributed by atoms with van der Waals surface area (Å²) in [6.45, 7) is 5.45. The molecule has 0 radical (unpaired) electrons. The Morgan fingerprint density at radius 2 is 1.78 bits per heavy atom. The normalized spacial score (nSPS) is 10.7. The molecule has 0 unspecified atom stereocenters. The van der Waals surface area contributed by atoms with Crippen LogP contribution in [0.1, 0.15) is 15.9 Å². The summed E-state index contributed by atoms with van der Waals surface area (Å²) in [6.07, 6.45) is 1.23. The number of carbonyl (C=O) groups is 2. The van der Waals surface area contributed by atoms with Gasteiger partial charge in [0.25, 0.3) is 5.91 Å². The molecule has 32 heavy (non-hydrogen) atoms. The van der Waals surface area contributed by atoms with E-state index in [9.17, 15) is 9.59 Å². The summed E-state index contributed by atoms with van der Waals surface area (Å²) in [5.41, 5.74) is 11.8. The second-order valence-electron chi connectivity index (χ2n) is 7.37. The van der Waals surface area contributed by atoms with Gasteiger partial charge in [0, 0.05) is 16.6 Å². The Kier molecular flexibility index (Phi) is 5.52. The average Bonchev–Trinajstić information content (AvgIpc) is 3.25. The Bertz CT molecular complexity index is 1370. The van der Waals surface area contributed by atoms with Crippen molar-refractivity contribution in [1.29, 1.82) is 0 Å². The highest BCUT2D eigenvalue weighted by atomic mass is 16.5. The Balaban J connectivity index is 1.96. The number of carbonyl (C=O) groups excluding carboxylic acids is 2. The van der Waals surface area contributed by atoms with E-state index in [-0.39, 0.29) is 5.91 Å². The largest absolute Gasteiger partial charge is 0.496 e. The molecule has 0 saturated heterocycles. The smallest absolute Gasteiger partial charge is 0.250 e. The molecular formula is C26H23N3O3. The lowest BCUT2D eigenvalue weighted by Crippen LogP contribution is -2.11. The Morgan fingerprint density at radius 3 is 2.50 bits per heavy atom. The number of aromatic amines is 1. The number of rotatable bonds is 6. The van der Waals surface area contributed by atoms with Gasteiger partial charge in [0.2, 0.25) is 5.91 Å². The molecule has 3 aromatic carbocycles. The Labute approximate surface area is 185 Å². The van der Waals surface area contributed by atoms with E-state index in [1.807, 2.05) is 61.5 Å². The second kappa shape index (κ2) is 8.43. The van der Waals surface area contributed by atoms with Crippen LogP contribution in [-0.2, 0) is 4.79 Å². The van der Waals surface area contributed by atoms with E-state index in [4.69, 9.17) is 10.5 Å². The third-order valence-corrected chi connectivity index (χ3v) is 5.52. The van der Waals surface area contributed by atoms with Crippen molar-refractivity contribution in [3.8, 4) is 28.1 Å². The summed E-state index contributed by atoms with van der Waals surface area (Å²) in [5, 5.41) is 3.68. The van der Waals surface area contributed by atoms with E-state index in [1.54, 1.807) is 13.2 Å². The molecule has 0 fully saturated rings. The van der Waals surface area contributed by atoms with Crippen LogP contribution in [-0.4, -0.2) is 23.9 Å². The number of amides is 2. The molecule has 160 valence electrons. The summed E-state index contributed by atoms with van der Waals surface area (Å²) >= 11 is 0. The molecule has 1 aromatic heterocycles. The van der Waals surface area contributed by atoms with Gasteiger partial charge < -0.3 is 20.8 Å². The molecule has 0 aliphatic rings. The number of hydrogen-bond donors (Lipinski definition) is 3. The van der Waals surface area contributed by atoms with Crippen LogP contribution in [0.25, 0.3) is 33.3 Å².